The first kappa shape index (κ1) is 19.7. The molecule has 3 aromatic carbocycles. The summed E-state index contributed by atoms with van der Waals surface area (Å²) < 4.78 is 0. The van der Waals surface area contributed by atoms with Gasteiger partial charge in [-0.1, -0.05) is 17.7 Å². The number of nitrogens with zero attached hydrogens (tertiary/aromatic N) is 1. The first-order chi connectivity index (χ1) is 14.6. The number of hydrogen-bond donors (Lipinski definition) is 2. The maximum absolute atomic E-state index is 12.5. The molecule has 152 valence electrons. The molecule has 0 spiro atoms. The molecule has 4 rings (SSSR count). The summed E-state index contributed by atoms with van der Waals surface area (Å²) in [5, 5.41) is 5.77. The van der Waals surface area contributed by atoms with Crippen LogP contribution >= 0.6 is 0 Å². The predicted molar refractivity (Wildman–Crippen MR) is 121 cm³/mol. The van der Waals surface area contributed by atoms with E-state index < -0.39 is 0 Å². The Balaban J connectivity index is 1.36. The normalized spacial score (nSPS) is 13.2. The average molecular weight is 399 g/mol. The lowest BCUT2D eigenvalue weighted by molar-refractivity contribution is 0.101. The van der Waals surface area contributed by atoms with E-state index in [1.807, 2.05) is 55.5 Å². The number of carbonyl (C=O) groups excluding carboxylic acids is 2. The van der Waals surface area contributed by atoms with Gasteiger partial charge in [-0.05, 0) is 80.4 Å². The minimum Gasteiger partial charge on any atom is -0.372 e. The topological polar surface area (TPSA) is 61.4 Å². The number of aryl methyl sites for hydroxylation is 1. The first-order valence-electron chi connectivity index (χ1n) is 10.2. The molecule has 0 atom stereocenters. The highest BCUT2D eigenvalue weighted by atomic mass is 16.2. The smallest absolute Gasteiger partial charge is 0.255 e. The Morgan fingerprint density at radius 1 is 0.667 bits per heavy atom. The summed E-state index contributed by atoms with van der Waals surface area (Å²) in [6, 6.07) is 22.2. The molecular weight excluding hydrogens is 374 g/mol. The second-order valence-corrected chi connectivity index (χ2v) is 7.59. The number of nitrogens with one attached hydrogen (secondary N) is 2. The molecule has 5 nitrogen and oxygen atoms in total. The molecule has 2 N–H and O–H groups in total. The molecule has 0 unspecified atom stereocenters. The van der Waals surface area contributed by atoms with E-state index in [0.717, 1.165) is 30.0 Å². The van der Waals surface area contributed by atoms with E-state index in [-0.39, 0.29) is 11.8 Å². The lowest BCUT2D eigenvalue weighted by Gasteiger charge is -2.17. The standard InChI is InChI=1S/C25H25N3O2/c1-18-4-10-21(11-5-18)26-24(29)19-6-8-20(9-7-19)25(30)27-22-12-14-23(15-13-22)28-16-2-3-17-28/h4-15H,2-3,16-17H2,1H3,(H,26,29)(H,27,30). The van der Waals surface area contributed by atoms with E-state index in [0.29, 0.717) is 11.1 Å². The van der Waals surface area contributed by atoms with Crippen LogP contribution in [0.25, 0.3) is 0 Å². The predicted octanol–water partition coefficient (Wildman–Crippen LogP) is 5.10. The number of anilines is 3. The van der Waals surface area contributed by atoms with Gasteiger partial charge in [0, 0.05) is 41.3 Å². The van der Waals surface area contributed by atoms with Crippen LogP contribution in [0.1, 0.15) is 39.1 Å². The molecule has 0 aliphatic carbocycles. The van der Waals surface area contributed by atoms with Gasteiger partial charge in [-0.15, -0.1) is 0 Å². The Morgan fingerprint density at radius 2 is 1.10 bits per heavy atom. The van der Waals surface area contributed by atoms with Crippen molar-refractivity contribution >= 4 is 28.9 Å². The minimum absolute atomic E-state index is 0.200. The van der Waals surface area contributed by atoms with E-state index in [4.69, 9.17) is 0 Å². The lowest BCUT2D eigenvalue weighted by Crippen LogP contribution is -2.17. The van der Waals surface area contributed by atoms with Crippen molar-refractivity contribution in [1.29, 1.82) is 0 Å². The zero-order valence-electron chi connectivity index (χ0n) is 17.0. The fraction of sp³-hybridized carbons (Fsp3) is 0.200. The van der Waals surface area contributed by atoms with Gasteiger partial charge in [-0.3, -0.25) is 9.59 Å². The zero-order valence-corrected chi connectivity index (χ0v) is 17.0. The van der Waals surface area contributed by atoms with Crippen molar-refractivity contribution in [3.8, 4) is 0 Å². The zero-order chi connectivity index (χ0) is 20.9. The van der Waals surface area contributed by atoms with Crippen LogP contribution in [0, 0.1) is 6.92 Å². The molecule has 1 heterocycles. The first-order valence-corrected chi connectivity index (χ1v) is 10.2. The highest BCUT2D eigenvalue weighted by Gasteiger charge is 2.13. The third-order valence-corrected chi connectivity index (χ3v) is 5.32. The molecule has 1 aliphatic rings. The number of benzene rings is 3. The van der Waals surface area contributed by atoms with Gasteiger partial charge in [0.05, 0.1) is 0 Å². The largest absolute Gasteiger partial charge is 0.372 e. The molecule has 30 heavy (non-hydrogen) atoms. The van der Waals surface area contributed by atoms with E-state index in [1.165, 1.54) is 18.5 Å². The highest BCUT2D eigenvalue weighted by molar-refractivity contribution is 6.07. The molecule has 1 aliphatic heterocycles. The third-order valence-electron chi connectivity index (χ3n) is 5.32. The molecule has 1 saturated heterocycles. The quantitative estimate of drug-likeness (QED) is 0.627. The second-order valence-electron chi connectivity index (χ2n) is 7.59. The van der Waals surface area contributed by atoms with Gasteiger partial charge in [-0.25, -0.2) is 0 Å². The van der Waals surface area contributed by atoms with Crippen molar-refractivity contribution in [3.63, 3.8) is 0 Å². The van der Waals surface area contributed by atoms with Crippen LogP contribution in [-0.4, -0.2) is 24.9 Å². The van der Waals surface area contributed by atoms with Crippen molar-refractivity contribution < 1.29 is 9.59 Å². The fourth-order valence-electron chi connectivity index (χ4n) is 3.55. The van der Waals surface area contributed by atoms with E-state index in [1.54, 1.807) is 24.3 Å². The summed E-state index contributed by atoms with van der Waals surface area (Å²) in [6.45, 7) is 4.18. The molecule has 0 saturated carbocycles. The van der Waals surface area contributed by atoms with Crippen LogP contribution in [0.5, 0.6) is 0 Å². The Bertz CT molecular complexity index is 1020. The Labute approximate surface area is 176 Å². The minimum atomic E-state index is -0.205. The van der Waals surface area contributed by atoms with Gasteiger partial charge in [-0.2, -0.15) is 0 Å². The van der Waals surface area contributed by atoms with Gasteiger partial charge in [0.25, 0.3) is 11.8 Å². The third kappa shape index (κ3) is 4.69. The average Bonchev–Trinajstić information content (AvgIpc) is 3.31. The molecule has 1 fully saturated rings. The molecule has 2 amide bonds. The Kier molecular flexibility index (Phi) is 5.80. The summed E-state index contributed by atoms with van der Waals surface area (Å²) >= 11 is 0. The fourth-order valence-corrected chi connectivity index (χ4v) is 3.55. The number of carbonyl (C=O) groups is 2. The van der Waals surface area contributed by atoms with E-state index in [9.17, 15) is 9.59 Å². The van der Waals surface area contributed by atoms with Crippen LogP contribution in [0.2, 0.25) is 0 Å². The van der Waals surface area contributed by atoms with Gasteiger partial charge in [0.15, 0.2) is 0 Å². The van der Waals surface area contributed by atoms with E-state index >= 15 is 0 Å². The Hall–Kier alpha value is -3.60. The molecule has 0 radical (unpaired) electrons. The number of rotatable bonds is 5. The molecule has 5 heteroatoms. The highest BCUT2D eigenvalue weighted by Crippen LogP contribution is 2.22. The second kappa shape index (κ2) is 8.82. The van der Waals surface area contributed by atoms with Crippen LogP contribution in [0.15, 0.2) is 72.8 Å². The van der Waals surface area contributed by atoms with Crippen LogP contribution in [-0.2, 0) is 0 Å². The molecular formula is C25H25N3O2. The molecule has 0 aromatic heterocycles. The lowest BCUT2D eigenvalue weighted by atomic mass is 10.1. The van der Waals surface area contributed by atoms with E-state index in [2.05, 4.69) is 15.5 Å². The van der Waals surface area contributed by atoms with Crippen molar-refractivity contribution in [2.75, 3.05) is 28.6 Å². The van der Waals surface area contributed by atoms with Crippen LogP contribution < -0.4 is 15.5 Å². The van der Waals surface area contributed by atoms with Crippen molar-refractivity contribution in [3.05, 3.63) is 89.5 Å². The van der Waals surface area contributed by atoms with Gasteiger partial charge in [0.1, 0.15) is 0 Å². The van der Waals surface area contributed by atoms with Crippen molar-refractivity contribution in [2.45, 2.75) is 19.8 Å². The maximum Gasteiger partial charge on any atom is 0.255 e. The van der Waals surface area contributed by atoms with Crippen molar-refractivity contribution in [2.24, 2.45) is 0 Å². The maximum atomic E-state index is 12.5. The summed E-state index contributed by atoms with van der Waals surface area (Å²) in [6.07, 6.45) is 2.47. The monoisotopic (exact) mass is 399 g/mol. The number of amides is 2. The van der Waals surface area contributed by atoms with Gasteiger partial charge < -0.3 is 15.5 Å². The SMILES string of the molecule is Cc1ccc(NC(=O)c2ccc(C(=O)Nc3ccc(N4CCCC4)cc3)cc2)cc1. The summed E-state index contributed by atoms with van der Waals surface area (Å²) in [5.74, 6) is -0.405. The summed E-state index contributed by atoms with van der Waals surface area (Å²) in [7, 11) is 0. The molecule has 3 aromatic rings. The molecule has 0 bridgehead atoms. The Morgan fingerprint density at radius 3 is 1.57 bits per heavy atom. The van der Waals surface area contributed by atoms with Crippen LogP contribution in [0.4, 0.5) is 17.1 Å². The van der Waals surface area contributed by atoms with Crippen molar-refractivity contribution in [1.82, 2.24) is 0 Å². The van der Waals surface area contributed by atoms with Gasteiger partial charge in [0.2, 0.25) is 0 Å². The van der Waals surface area contributed by atoms with Gasteiger partial charge >= 0.3 is 0 Å². The summed E-state index contributed by atoms with van der Waals surface area (Å²) in [5.41, 5.74) is 4.82. The van der Waals surface area contributed by atoms with Crippen LogP contribution in [0.3, 0.4) is 0 Å². The summed E-state index contributed by atoms with van der Waals surface area (Å²) in [4.78, 5) is 27.3. The number of hydrogen-bond acceptors (Lipinski definition) is 3.